The maximum atomic E-state index is 13.4. The highest BCUT2D eigenvalue weighted by Gasteiger charge is 2.10. The number of hydrogen-bond donors (Lipinski definition) is 1. The molecule has 23 heavy (non-hydrogen) atoms. The number of nitrogens with one attached hydrogen (secondary N) is 1. The van der Waals surface area contributed by atoms with Crippen LogP contribution in [0.5, 0.6) is 0 Å². The molecule has 1 aromatic heterocycles. The largest absolute Gasteiger partial charge is 0.369 e. The summed E-state index contributed by atoms with van der Waals surface area (Å²) in [5.74, 6) is 0.413. The molecule has 5 heteroatoms. The summed E-state index contributed by atoms with van der Waals surface area (Å²) >= 11 is 0.383. The molecule has 1 aliphatic rings. The molecule has 0 fully saturated rings. The maximum absolute atomic E-state index is 13.4. The summed E-state index contributed by atoms with van der Waals surface area (Å²) in [7, 11) is 0. The first-order chi connectivity index (χ1) is 11.3. The number of nitrogens with zero attached hydrogens (tertiary/aromatic N) is 2. The van der Waals surface area contributed by atoms with Gasteiger partial charge in [0.2, 0.25) is 0 Å². The zero-order chi connectivity index (χ0) is 15.6. The van der Waals surface area contributed by atoms with Crippen molar-refractivity contribution in [2.24, 2.45) is 0 Å². The van der Waals surface area contributed by atoms with E-state index in [4.69, 9.17) is 0 Å². The minimum atomic E-state index is -0.272. The van der Waals surface area contributed by atoms with Gasteiger partial charge in [0.15, 0.2) is 0 Å². The molecule has 0 saturated carbocycles. The predicted molar refractivity (Wildman–Crippen MR) is 101 cm³/mol. The number of hydrogen-bond acceptors (Lipinski definition) is 3. The summed E-state index contributed by atoms with van der Waals surface area (Å²) in [5, 5.41) is 4.01. The highest BCUT2D eigenvalue weighted by molar-refractivity contribution is 14.2. The molecule has 1 N–H and O–H groups in total. The van der Waals surface area contributed by atoms with Crippen LogP contribution in [0.15, 0.2) is 48.8 Å². The molecular weight excluding hydrogens is 404 g/mol. The van der Waals surface area contributed by atoms with Crippen molar-refractivity contribution in [1.29, 1.82) is 0 Å². The highest BCUT2D eigenvalue weighted by Crippen LogP contribution is 2.25. The number of rotatable bonds is 5. The van der Waals surface area contributed by atoms with E-state index in [9.17, 15) is 4.39 Å². The van der Waals surface area contributed by atoms with Crippen LogP contribution >= 0.6 is 20.7 Å². The van der Waals surface area contributed by atoms with E-state index in [1.165, 1.54) is 34.0 Å². The lowest BCUT2D eigenvalue weighted by molar-refractivity contribution is 0.629. The molecule has 0 spiro atoms. The summed E-state index contributed by atoms with van der Waals surface area (Å²) in [5.41, 5.74) is 3.47. The minimum absolute atomic E-state index is 0.272. The van der Waals surface area contributed by atoms with Gasteiger partial charge in [0, 0.05) is 16.4 Å². The van der Waals surface area contributed by atoms with Gasteiger partial charge in [-0.05, 0) is 39.3 Å². The van der Waals surface area contributed by atoms with E-state index in [0.717, 1.165) is 23.9 Å². The molecule has 0 amide bonds. The fourth-order valence-electron chi connectivity index (χ4n) is 2.53. The molecule has 4 rings (SSSR count). The molecule has 0 aliphatic carbocycles. The minimum Gasteiger partial charge on any atom is -0.369 e. The van der Waals surface area contributed by atoms with Crippen LogP contribution in [0.1, 0.15) is 11.1 Å². The quantitative estimate of drug-likeness (QED) is 0.503. The van der Waals surface area contributed by atoms with Crippen molar-refractivity contribution in [3.63, 3.8) is 0 Å². The van der Waals surface area contributed by atoms with Crippen molar-refractivity contribution < 1.29 is 4.39 Å². The van der Waals surface area contributed by atoms with Gasteiger partial charge in [-0.25, -0.2) is 14.4 Å². The molecule has 1 aliphatic heterocycles. The molecule has 3 aromatic rings. The van der Waals surface area contributed by atoms with Gasteiger partial charge in [-0.15, -0.1) is 20.7 Å². The fourth-order valence-corrected chi connectivity index (χ4v) is 3.97. The van der Waals surface area contributed by atoms with Gasteiger partial charge in [0.25, 0.3) is 0 Å². The summed E-state index contributed by atoms with van der Waals surface area (Å²) in [4.78, 5) is 8.40. The van der Waals surface area contributed by atoms with E-state index in [2.05, 4.69) is 39.6 Å². The van der Waals surface area contributed by atoms with Crippen molar-refractivity contribution in [2.75, 3.05) is 16.3 Å². The molecule has 0 radical (unpaired) electrons. The molecule has 0 saturated heterocycles. The van der Waals surface area contributed by atoms with Gasteiger partial charge in [-0.2, -0.15) is 0 Å². The Balaban J connectivity index is 1.44. The van der Waals surface area contributed by atoms with E-state index in [1.807, 2.05) is 0 Å². The zero-order valence-electron chi connectivity index (χ0n) is 12.4. The second-order valence-corrected chi connectivity index (χ2v) is 8.26. The SMILES string of the molecule is Fc1ccc2ncnc(NCCc3ccc(C4=IC4)cc3)c2c1. The Bertz CT molecular complexity index is 890. The third-order valence-electron chi connectivity index (χ3n) is 3.84. The predicted octanol–water partition coefficient (Wildman–Crippen LogP) is 3.93. The van der Waals surface area contributed by atoms with Crippen LogP contribution in [0.3, 0.4) is 0 Å². The Morgan fingerprint density at radius 2 is 1.91 bits per heavy atom. The van der Waals surface area contributed by atoms with E-state index in [-0.39, 0.29) is 5.82 Å². The fraction of sp³-hybridized carbons (Fsp3) is 0.167. The van der Waals surface area contributed by atoms with Crippen LogP contribution in [-0.2, 0) is 6.42 Å². The number of alkyl halides is 1. The number of fused-ring (bicyclic) bond motifs is 1. The van der Waals surface area contributed by atoms with Crippen molar-refractivity contribution in [3.8, 4) is 0 Å². The van der Waals surface area contributed by atoms with Gasteiger partial charge in [0.05, 0.1) is 5.52 Å². The van der Waals surface area contributed by atoms with Crippen LogP contribution in [0.2, 0.25) is 0 Å². The number of aromatic nitrogens is 2. The van der Waals surface area contributed by atoms with Crippen molar-refractivity contribution in [2.45, 2.75) is 6.42 Å². The molecule has 0 bridgehead atoms. The van der Waals surface area contributed by atoms with Crippen molar-refractivity contribution in [1.82, 2.24) is 9.97 Å². The topological polar surface area (TPSA) is 37.8 Å². The first-order valence-electron chi connectivity index (χ1n) is 7.48. The molecule has 2 heterocycles. The molecule has 3 nitrogen and oxygen atoms in total. The van der Waals surface area contributed by atoms with Gasteiger partial charge in [-0.3, -0.25) is 0 Å². The van der Waals surface area contributed by atoms with E-state index in [0.29, 0.717) is 26.5 Å². The summed E-state index contributed by atoms with van der Waals surface area (Å²) in [6, 6.07) is 13.4. The Labute approximate surface area is 143 Å². The Morgan fingerprint density at radius 3 is 2.70 bits per heavy atom. The second-order valence-electron chi connectivity index (χ2n) is 5.43. The summed E-state index contributed by atoms with van der Waals surface area (Å²) in [6.07, 6.45) is 2.42. The molecular formula is C18H15FIN3. The van der Waals surface area contributed by atoms with Gasteiger partial charge < -0.3 is 5.32 Å². The Hall–Kier alpha value is -1.89. The number of benzene rings is 2. The first-order valence-corrected chi connectivity index (χ1v) is 10.1. The van der Waals surface area contributed by atoms with Crippen LogP contribution in [-0.4, -0.2) is 24.4 Å². The van der Waals surface area contributed by atoms with Gasteiger partial charge >= 0.3 is 0 Å². The standard InChI is InChI=1S/C18H15FIN3/c19-14-5-6-17-15(9-14)18(23-11-22-17)21-8-7-12-1-3-13(4-2-12)16-10-20-16/h1-6,9,11H,7-8,10H2,(H,21,22,23). The van der Waals surface area contributed by atoms with Crippen LogP contribution in [0.25, 0.3) is 10.9 Å². The average molecular weight is 419 g/mol. The average Bonchev–Trinajstić information content (AvgIpc) is 3.41. The number of halogens is 2. The molecule has 2 aromatic carbocycles. The van der Waals surface area contributed by atoms with Crippen molar-refractivity contribution >= 4 is 41.0 Å². The lowest BCUT2D eigenvalue weighted by atomic mass is 10.1. The molecule has 0 atom stereocenters. The zero-order valence-corrected chi connectivity index (χ0v) is 14.5. The van der Waals surface area contributed by atoms with Gasteiger partial charge in [-0.1, -0.05) is 24.3 Å². The van der Waals surface area contributed by atoms with Crippen molar-refractivity contribution in [3.05, 3.63) is 65.7 Å². The highest BCUT2D eigenvalue weighted by atomic mass is 127. The number of anilines is 1. The summed E-state index contributed by atoms with van der Waals surface area (Å²) < 4.78 is 16.5. The smallest absolute Gasteiger partial charge is 0.137 e. The van der Waals surface area contributed by atoms with E-state index >= 15 is 0 Å². The Morgan fingerprint density at radius 1 is 1.09 bits per heavy atom. The lowest BCUT2D eigenvalue weighted by Crippen LogP contribution is -2.07. The molecule has 116 valence electrons. The Kier molecular flexibility index (Phi) is 4.03. The van der Waals surface area contributed by atoms with E-state index in [1.54, 1.807) is 9.58 Å². The van der Waals surface area contributed by atoms with Crippen LogP contribution in [0.4, 0.5) is 10.2 Å². The third kappa shape index (κ3) is 3.39. The second kappa shape index (κ2) is 6.31. The first kappa shape index (κ1) is 14.7. The molecule has 0 unspecified atom stereocenters. The van der Waals surface area contributed by atoms with Crippen LogP contribution < -0.4 is 5.32 Å². The van der Waals surface area contributed by atoms with E-state index < -0.39 is 0 Å². The van der Waals surface area contributed by atoms with Gasteiger partial charge in [0.1, 0.15) is 18.0 Å². The third-order valence-corrected chi connectivity index (χ3v) is 5.99. The lowest BCUT2D eigenvalue weighted by Gasteiger charge is -2.08. The maximum Gasteiger partial charge on any atom is 0.137 e. The normalized spacial score (nSPS) is 13.3. The van der Waals surface area contributed by atoms with Crippen LogP contribution in [0, 0.1) is 5.82 Å². The summed E-state index contributed by atoms with van der Waals surface area (Å²) in [6.45, 7) is 0.755. The monoisotopic (exact) mass is 419 g/mol.